The normalized spacial score (nSPS) is 11.7. The summed E-state index contributed by atoms with van der Waals surface area (Å²) in [5.74, 6) is -0.206. The number of carbonyl (C=O) groups is 1. The zero-order valence-electron chi connectivity index (χ0n) is 12.4. The lowest BCUT2D eigenvalue weighted by molar-refractivity contribution is -0.122. The minimum Gasteiger partial charge on any atom is -0.495 e. The van der Waals surface area contributed by atoms with E-state index in [0.29, 0.717) is 16.5 Å². The molecule has 0 aliphatic carbocycles. The first-order valence-corrected chi connectivity index (χ1v) is 7.42. The molecule has 1 atom stereocenters. The van der Waals surface area contributed by atoms with Crippen LogP contribution in [0.5, 0.6) is 11.5 Å². The average molecular weight is 358 g/mol. The van der Waals surface area contributed by atoms with E-state index in [2.05, 4.69) is 5.32 Å². The van der Waals surface area contributed by atoms with Gasteiger partial charge in [-0.25, -0.2) is 4.39 Å². The van der Waals surface area contributed by atoms with Crippen LogP contribution in [0.25, 0.3) is 0 Å². The van der Waals surface area contributed by atoms with E-state index in [1.165, 1.54) is 25.3 Å². The van der Waals surface area contributed by atoms with Gasteiger partial charge in [0.15, 0.2) is 6.10 Å². The highest BCUT2D eigenvalue weighted by Gasteiger charge is 2.17. The Labute approximate surface area is 143 Å². The third-order valence-electron chi connectivity index (χ3n) is 2.99. The second kappa shape index (κ2) is 7.53. The molecule has 0 heterocycles. The van der Waals surface area contributed by atoms with Gasteiger partial charge in [0.2, 0.25) is 0 Å². The molecule has 4 nitrogen and oxygen atoms in total. The van der Waals surface area contributed by atoms with Crippen LogP contribution in [0.3, 0.4) is 0 Å². The number of rotatable bonds is 5. The summed E-state index contributed by atoms with van der Waals surface area (Å²) in [6, 6.07) is 8.73. The first kappa shape index (κ1) is 17.4. The van der Waals surface area contributed by atoms with Gasteiger partial charge in [-0.1, -0.05) is 23.2 Å². The number of hydrogen-bond acceptors (Lipinski definition) is 3. The topological polar surface area (TPSA) is 47.6 Å². The van der Waals surface area contributed by atoms with Gasteiger partial charge in [-0.15, -0.1) is 0 Å². The molecular formula is C16H14Cl2FNO3. The Bertz CT molecular complexity index is 724. The summed E-state index contributed by atoms with van der Waals surface area (Å²) < 4.78 is 23.7. The maximum atomic E-state index is 13.1. The van der Waals surface area contributed by atoms with Crippen molar-refractivity contribution in [3.05, 3.63) is 52.3 Å². The molecular weight excluding hydrogens is 344 g/mol. The molecule has 7 heteroatoms. The van der Waals surface area contributed by atoms with Gasteiger partial charge < -0.3 is 14.8 Å². The van der Waals surface area contributed by atoms with E-state index in [9.17, 15) is 9.18 Å². The summed E-state index contributed by atoms with van der Waals surface area (Å²) in [7, 11) is 1.49. The molecule has 1 N–H and O–H groups in total. The Morgan fingerprint density at radius 1 is 1.22 bits per heavy atom. The van der Waals surface area contributed by atoms with Crippen LogP contribution in [0.1, 0.15) is 6.92 Å². The molecule has 122 valence electrons. The number of amides is 1. The fourth-order valence-corrected chi connectivity index (χ4v) is 2.16. The molecule has 0 aliphatic heterocycles. The monoisotopic (exact) mass is 357 g/mol. The number of anilines is 1. The number of nitrogens with one attached hydrogen (secondary N) is 1. The molecule has 0 spiro atoms. The minimum absolute atomic E-state index is 0.0772. The predicted octanol–water partition coefficient (Wildman–Crippen LogP) is 4.55. The van der Waals surface area contributed by atoms with Crippen molar-refractivity contribution in [2.45, 2.75) is 13.0 Å². The first-order valence-electron chi connectivity index (χ1n) is 6.67. The largest absolute Gasteiger partial charge is 0.495 e. The lowest BCUT2D eigenvalue weighted by Crippen LogP contribution is -2.30. The number of carbonyl (C=O) groups excluding carboxylic acids is 1. The highest BCUT2D eigenvalue weighted by Crippen LogP contribution is 2.28. The number of halogens is 3. The Kier molecular flexibility index (Phi) is 5.69. The molecule has 0 saturated heterocycles. The highest BCUT2D eigenvalue weighted by atomic mass is 35.5. The summed E-state index contributed by atoms with van der Waals surface area (Å²) in [4.78, 5) is 12.2. The van der Waals surface area contributed by atoms with Gasteiger partial charge >= 0.3 is 0 Å². The fourth-order valence-electron chi connectivity index (χ4n) is 1.82. The van der Waals surface area contributed by atoms with Crippen molar-refractivity contribution in [2.75, 3.05) is 12.4 Å². The van der Waals surface area contributed by atoms with Gasteiger partial charge in [-0.05, 0) is 37.3 Å². The van der Waals surface area contributed by atoms with Gasteiger partial charge in [0.05, 0.1) is 17.8 Å². The highest BCUT2D eigenvalue weighted by molar-refractivity contribution is 6.31. The average Bonchev–Trinajstić information content (AvgIpc) is 2.51. The third kappa shape index (κ3) is 4.50. The predicted molar refractivity (Wildman–Crippen MR) is 88.1 cm³/mol. The fraction of sp³-hybridized carbons (Fsp3) is 0.188. The van der Waals surface area contributed by atoms with E-state index in [0.717, 1.165) is 0 Å². The van der Waals surface area contributed by atoms with E-state index in [1.54, 1.807) is 25.1 Å². The van der Waals surface area contributed by atoms with Crippen molar-refractivity contribution in [3.8, 4) is 11.5 Å². The third-order valence-corrected chi connectivity index (χ3v) is 3.52. The lowest BCUT2D eigenvalue weighted by Gasteiger charge is -2.16. The minimum atomic E-state index is -0.833. The van der Waals surface area contributed by atoms with E-state index < -0.39 is 17.8 Å². The van der Waals surface area contributed by atoms with Crippen molar-refractivity contribution in [3.63, 3.8) is 0 Å². The molecule has 0 aliphatic rings. The standard InChI is InChI=1S/C16H14Cl2FNO3/c1-9(23-11-4-5-13(19)12(18)8-11)16(21)20-14-7-10(17)3-6-15(14)22-2/h3-9H,1-2H3,(H,20,21)/t9-/m1/s1. The molecule has 0 aromatic heterocycles. The molecule has 23 heavy (non-hydrogen) atoms. The van der Waals surface area contributed by atoms with Crippen LogP contribution in [0.4, 0.5) is 10.1 Å². The Hall–Kier alpha value is -1.98. The summed E-state index contributed by atoms with van der Waals surface area (Å²) in [6.07, 6.45) is -0.833. The maximum absolute atomic E-state index is 13.1. The summed E-state index contributed by atoms with van der Waals surface area (Å²) in [5, 5.41) is 3.05. The second-order valence-electron chi connectivity index (χ2n) is 4.67. The summed E-state index contributed by atoms with van der Waals surface area (Å²) >= 11 is 11.6. The Balaban J connectivity index is 2.08. The van der Waals surface area contributed by atoms with Crippen molar-refractivity contribution >= 4 is 34.8 Å². The second-order valence-corrected chi connectivity index (χ2v) is 5.51. The van der Waals surface area contributed by atoms with E-state index in [1.807, 2.05) is 0 Å². The van der Waals surface area contributed by atoms with Crippen LogP contribution < -0.4 is 14.8 Å². The number of benzene rings is 2. The lowest BCUT2D eigenvalue weighted by atomic mass is 10.2. The molecule has 2 aromatic rings. The zero-order chi connectivity index (χ0) is 17.0. The van der Waals surface area contributed by atoms with Crippen LogP contribution in [0.15, 0.2) is 36.4 Å². The van der Waals surface area contributed by atoms with Gasteiger partial charge in [0.1, 0.15) is 17.3 Å². The molecule has 0 saturated carbocycles. The van der Waals surface area contributed by atoms with Gasteiger partial charge in [0, 0.05) is 11.1 Å². The van der Waals surface area contributed by atoms with E-state index in [4.69, 9.17) is 32.7 Å². The van der Waals surface area contributed by atoms with Crippen LogP contribution in [-0.4, -0.2) is 19.1 Å². The van der Waals surface area contributed by atoms with Crippen LogP contribution in [0.2, 0.25) is 10.0 Å². The van der Waals surface area contributed by atoms with Gasteiger partial charge in [-0.3, -0.25) is 4.79 Å². The van der Waals surface area contributed by atoms with Crippen LogP contribution >= 0.6 is 23.2 Å². The quantitative estimate of drug-likeness (QED) is 0.853. The van der Waals surface area contributed by atoms with Gasteiger partial charge in [0.25, 0.3) is 5.91 Å². The van der Waals surface area contributed by atoms with Crippen LogP contribution in [-0.2, 0) is 4.79 Å². The molecule has 0 unspecified atom stereocenters. The Morgan fingerprint density at radius 3 is 2.61 bits per heavy atom. The number of methoxy groups -OCH3 is 1. The summed E-state index contributed by atoms with van der Waals surface area (Å²) in [6.45, 7) is 1.56. The van der Waals surface area contributed by atoms with E-state index >= 15 is 0 Å². The van der Waals surface area contributed by atoms with Crippen LogP contribution in [0, 0.1) is 5.82 Å². The number of ether oxygens (including phenoxy) is 2. The van der Waals surface area contributed by atoms with Crippen molar-refractivity contribution in [2.24, 2.45) is 0 Å². The SMILES string of the molecule is COc1ccc(Cl)cc1NC(=O)[C@@H](C)Oc1ccc(F)c(Cl)c1. The van der Waals surface area contributed by atoms with Crippen molar-refractivity contribution < 1.29 is 18.7 Å². The molecule has 2 aromatic carbocycles. The number of hydrogen-bond donors (Lipinski definition) is 1. The summed E-state index contributed by atoms with van der Waals surface area (Å²) in [5.41, 5.74) is 0.428. The van der Waals surface area contributed by atoms with Crippen molar-refractivity contribution in [1.82, 2.24) is 0 Å². The molecule has 0 fully saturated rings. The Morgan fingerprint density at radius 2 is 1.96 bits per heavy atom. The first-order chi connectivity index (χ1) is 10.9. The molecule has 0 bridgehead atoms. The van der Waals surface area contributed by atoms with Gasteiger partial charge in [-0.2, -0.15) is 0 Å². The zero-order valence-corrected chi connectivity index (χ0v) is 13.9. The van der Waals surface area contributed by atoms with E-state index in [-0.39, 0.29) is 10.8 Å². The smallest absolute Gasteiger partial charge is 0.265 e. The molecule has 0 radical (unpaired) electrons. The molecule has 2 rings (SSSR count). The molecule has 1 amide bonds. The maximum Gasteiger partial charge on any atom is 0.265 e. The van der Waals surface area contributed by atoms with Crippen molar-refractivity contribution in [1.29, 1.82) is 0 Å².